The normalized spacial score (nSPS) is 11.0. The third-order valence-electron chi connectivity index (χ3n) is 6.52. The molecule has 0 aliphatic heterocycles. The standard InChI is InChI=1S/C30H30N2O4/c1-6-31-29-10-8-7-9-27(29)28-17-20(11-12-30(28)31)32(21-13-23(33-2)18-24(14-21)34-3)22-15-25(35-4)19-26(16-22)36-5/h7-19H,6H2,1-5H3. The van der Waals surface area contributed by atoms with Gasteiger partial charge in [0.2, 0.25) is 0 Å². The monoisotopic (exact) mass is 482 g/mol. The molecule has 0 saturated heterocycles. The molecule has 1 heterocycles. The highest BCUT2D eigenvalue weighted by Gasteiger charge is 2.19. The van der Waals surface area contributed by atoms with Crippen LogP contribution in [0.25, 0.3) is 21.8 Å². The van der Waals surface area contributed by atoms with E-state index in [-0.39, 0.29) is 0 Å². The average Bonchev–Trinajstić information content (AvgIpc) is 3.25. The number of methoxy groups -OCH3 is 4. The fourth-order valence-electron chi connectivity index (χ4n) is 4.81. The Morgan fingerprint density at radius 2 is 1.06 bits per heavy atom. The van der Waals surface area contributed by atoms with Crippen LogP contribution in [0.1, 0.15) is 6.92 Å². The molecule has 0 atom stereocenters. The van der Waals surface area contributed by atoms with E-state index in [1.165, 1.54) is 21.8 Å². The van der Waals surface area contributed by atoms with Gasteiger partial charge in [0, 0.05) is 70.4 Å². The maximum atomic E-state index is 5.60. The summed E-state index contributed by atoms with van der Waals surface area (Å²) in [6.07, 6.45) is 0. The molecule has 1 aromatic heterocycles. The number of ether oxygens (including phenoxy) is 4. The molecule has 6 heteroatoms. The number of nitrogens with zero attached hydrogens (tertiary/aromatic N) is 2. The molecule has 0 amide bonds. The Morgan fingerprint density at radius 3 is 1.56 bits per heavy atom. The second kappa shape index (κ2) is 9.74. The molecule has 0 unspecified atom stereocenters. The molecule has 0 radical (unpaired) electrons. The van der Waals surface area contributed by atoms with Crippen LogP contribution in [0.15, 0.2) is 78.9 Å². The number of benzene rings is 4. The van der Waals surface area contributed by atoms with Gasteiger partial charge in [-0.1, -0.05) is 18.2 Å². The quantitative estimate of drug-likeness (QED) is 0.232. The number of aryl methyl sites for hydroxylation is 1. The smallest absolute Gasteiger partial charge is 0.124 e. The van der Waals surface area contributed by atoms with Gasteiger partial charge in [0.25, 0.3) is 0 Å². The topological polar surface area (TPSA) is 45.1 Å². The Kier molecular flexibility index (Phi) is 6.34. The fourth-order valence-corrected chi connectivity index (χ4v) is 4.81. The lowest BCUT2D eigenvalue weighted by Crippen LogP contribution is -2.11. The second-order valence-corrected chi connectivity index (χ2v) is 8.44. The largest absolute Gasteiger partial charge is 0.497 e. The third kappa shape index (κ3) is 4.05. The van der Waals surface area contributed by atoms with Crippen molar-refractivity contribution in [1.82, 2.24) is 4.57 Å². The molecule has 5 aromatic rings. The summed E-state index contributed by atoms with van der Waals surface area (Å²) < 4.78 is 24.7. The first-order chi connectivity index (χ1) is 17.6. The molecule has 0 spiro atoms. The van der Waals surface area contributed by atoms with Gasteiger partial charge < -0.3 is 28.4 Å². The predicted octanol–water partition coefficient (Wildman–Crippen LogP) is 7.32. The van der Waals surface area contributed by atoms with Crippen molar-refractivity contribution in [2.45, 2.75) is 13.5 Å². The van der Waals surface area contributed by atoms with E-state index in [4.69, 9.17) is 18.9 Å². The van der Waals surface area contributed by atoms with E-state index in [9.17, 15) is 0 Å². The number of hydrogen-bond donors (Lipinski definition) is 0. The Balaban J connectivity index is 1.80. The van der Waals surface area contributed by atoms with Crippen molar-refractivity contribution in [3.8, 4) is 23.0 Å². The number of anilines is 3. The first-order valence-corrected chi connectivity index (χ1v) is 11.9. The first kappa shape index (κ1) is 23.4. The van der Waals surface area contributed by atoms with Crippen LogP contribution in [0.2, 0.25) is 0 Å². The van der Waals surface area contributed by atoms with Crippen LogP contribution in [0.4, 0.5) is 17.1 Å². The highest BCUT2D eigenvalue weighted by molar-refractivity contribution is 6.09. The van der Waals surface area contributed by atoms with E-state index >= 15 is 0 Å². The maximum absolute atomic E-state index is 5.60. The molecule has 0 N–H and O–H groups in total. The lowest BCUT2D eigenvalue weighted by Gasteiger charge is -2.27. The van der Waals surface area contributed by atoms with Crippen LogP contribution in [0, 0.1) is 0 Å². The highest BCUT2D eigenvalue weighted by Crippen LogP contribution is 2.43. The van der Waals surface area contributed by atoms with E-state index in [1.807, 2.05) is 36.4 Å². The summed E-state index contributed by atoms with van der Waals surface area (Å²) in [4.78, 5) is 2.16. The Bertz CT molecular complexity index is 1440. The minimum absolute atomic E-state index is 0.702. The van der Waals surface area contributed by atoms with Crippen molar-refractivity contribution in [3.05, 3.63) is 78.9 Å². The van der Waals surface area contributed by atoms with Crippen LogP contribution in [-0.4, -0.2) is 33.0 Å². The van der Waals surface area contributed by atoms with Crippen LogP contribution >= 0.6 is 0 Å². The molecule has 5 rings (SSSR count). The highest BCUT2D eigenvalue weighted by atomic mass is 16.5. The number of para-hydroxylation sites is 1. The van der Waals surface area contributed by atoms with Crippen molar-refractivity contribution in [2.75, 3.05) is 33.3 Å². The summed E-state index contributed by atoms with van der Waals surface area (Å²) in [6.45, 7) is 3.07. The summed E-state index contributed by atoms with van der Waals surface area (Å²) in [5.74, 6) is 2.81. The molecule has 4 aromatic carbocycles. The molecule has 6 nitrogen and oxygen atoms in total. The average molecular weight is 483 g/mol. The molecule has 0 saturated carbocycles. The van der Waals surface area contributed by atoms with Crippen molar-refractivity contribution in [1.29, 1.82) is 0 Å². The van der Waals surface area contributed by atoms with Gasteiger partial charge in [-0.15, -0.1) is 0 Å². The van der Waals surface area contributed by atoms with Crippen LogP contribution in [-0.2, 0) is 6.54 Å². The molecule has 36 heavy (non-hydrogen) atoms. The zero-order valence-corrected chi connectivity index (χ0v) is 21.2. The fraction of sp³-hybridized carbons (Fsp3) is 0.200. The SMILES string of the molecule is CCn1c2ccccc2c2cc(N(c3cc(OC)cc(OC)c3)c3cc(OC)cc(OC)c3)ccc21. The van der Waals surface area contributed by atoms with Crippen molar-refractivity contribution >= 4 is 38.9 Å². The predicted molar refractivity (Wildman–Crippen MR) is 146 cm³/mol. The lowest BCUT2D eigenvalue weighted by molar-refractivity contribution is 0.394. The van der Waals surface area contributed by atoms with Gasteiger partial charge in [0.05, 0.1) is 39.8 Å². The first-order valence-electron chi connectivity index (χ1n) is 11.9. The van der Waals surface area contributed by atoms with Crippen molar-refractivity contribution in [3.63, 3.8) is 0 Å². The summed E-state index contributed by atoms with van der Waals surface area (Å²) in [7, 11) is 6.62. The molecular weight excluding hydrogens is 452 g/mol. The molecule has 0 bridgehead atoms. The zero-order valence-electron chi connectivity index (χ0n) is 21.2. The van der Waals surface area contributed by atoms with Gasteiger partial charge in [0.15, 0.2) is 0 Å². The Labute approximate surface area is 211 Å². The van der Waals surface area contributed by atoms with Gasteiger partial charge in [0.1, 0.15) is 23.0 Å². The van der Waals surface area contributed by atoms with Crippen molar-refractivity contribution in [2.24, 2.45) is 0 Å². The zero-order chi connectivity index (χ0) is 25.2. The maximum Gasteiger partial charge on any atom is 0.124 e. The molecule has 0 aliphatic rings. The van der Waals surface area contributed by atoms with Crippen LogP contribution < -0.4 is 23.8 Å². The second-order valence-electron chi connectivity index (χ2n) is 8.44. The van der Waals surface area contributed by atoms with Crippen LogP contribution in [0.3, 0.4) is 0 Å². The number of aromatic nitrogens is 1. The Morgan fingerprint density at radius 1 is 0.556 bits per heavy atom. The number of fused-ring (bicyclic) bond motifs is 3. The van der Waals surface area contributed by atoms with E-state index in [0.29, 0.717) is 23.0 Å². The van der Waals surface area contributed by atoms with E-state index in [1.54, 1.807) is 28.4 Å². The summed E-state index contributed by atoms with van der Waals surface area (Å²) in [6, 6.07) is 26.8. The third-order valence-corrected chi connectivity index (χ3v) is 6.52. The van der Waals surface area contributed by atoms with Crippen molar-refractivity contribution < 1.29 is 18.9 Å². The van der Waals surface area contributed by atoms with Gasteiger partial charge >= 0.3 is 0 Å². The van der Waals surface area contributed by atoms with Gasteiger partial charge in [-0.3, -0.25) is 0 Å². The molecule has 0 aliphatic carbocycles. The number of hydrogen-bond acceptors (Lipinski definition) is 5. The van der Waals surface area contributed by atoms with E-state index in [0.717, 1.165) is 23.6 Å². The molecule has 184 valence electrons. The number of rotatable bonds is 8. The van der Waals surface area contributed by atoms with Crippen LogP contribution in [0.5, 0.6) is 23.0 Å². The van der Waals surface area contributed by atoms with Gasteiger partial charge in [-0.2, -0.15) is 0 Å². The molecule has 0 fully saturated rings. The van der Waals surface area contributed by atoms with Gasteiger partial charge in [-0.05, 0) is 31.2 Å². The summed E-state index contributed by atoms with van der Waals surface area (Å²) in [5, 5.41) is 2.42. The minimum atomic E-state index is 0.702. The molecular formula is C30H30N2O4. The van der Waals surface area contributed by atoms with E-state index < -0.39 is 0 Å². The minimum Gasteiger partial charge on any atom is -0.497 e. The van der Waals surface area contributed by atoms with Gasteiger partial charge in [-0.25, -0.2) is 0 Å². The van der Waals surface area contributed by atoms with E-state index in [2.05, 4.69) is 58.9 Å². The Hall–Kier alpha value is -4.32. The summed E-state index contributed by atoms with van der Waals surface area (Å²) >= 11 is 0. The lowest BCUT2D eigenvalue weighted by atomic mass is 10.1. The summed E-state index contributed by atoms with van der Waals surface area (Å²) in [5.41, 5.74) is 5.20.